The molecule has 3 saturated heterocycles. The summed E-state index contributed by atoms with van der Waals surface area (Å²) in [6.07, 6.45) is 2.21. The van der Waals surface area contributed by atoms with Gasteiger partial charge in [-0.05, 0) is 39.3 Å². The van der Waals surface area contributed by atoms with E-state index in [1.165, 1.54) is 11.0 Å². The second-order valence-electron chi connectivity index (χ2n) is 12.2. The zero-order chi connectivity index (χ0) is 32.8. The predicted octanol–water partition coefficient (Wildman–Crippen LogP) is 4.30. The summed E-state index contributed by atoms with van der Waals surface area (Å²) in [5.74, 6) is -0.639. The number of hydrogen-bond acceptors (Lipinski definition) is 11. The maximum atomic E-state index is 15.4. The molecule has 14 nitrogen and oxygen atoms in total. The number of hydrogen-bond donors (Lipinski definition) is 2. The van der Waals surface area contributed by atoms with Gasteiger partial charge in [-0.1, -0.05) is 11.6 Å². The molecule has 3 aliphatic heterocycles. The second-order valence-corrected chi connectivity index (χ2v) is 12.5. The van der Waals surface area contributed by atoms with Gasteiger partial charge in [0.15, 0.2) is 12.0 Å². The van der Waals surface area contributed by atoms with E-state index in [-0.39, 0.29) is 53.2 Å². The molecule has 3 aromatic heterocycles. The molecule has 1 amide bonds. The molecular formula is C31H36ClFN8O6. The van der Waals surface area contributed by atoms with Gasteiger partial charge < -0.3 is 29.4 Å². The van der Waals surface area contributed by atoms with Crippen molar-refractivity contribution in [3.05, 3.63) is 40.6 Å². The number of amides is 1. The highest BCUT2D eigenvalue weighted by Gasteiger charge is 2.36. The average Bonchev–Trinajstić information content (AvgIpc) is 3.65. The number of carboxylic acid groups (broad SMARTS) is 1. The fraction of sp³-hybridized carbons (Fsp3) is 0.516. The van der Waals surface area contributed by atoms with Crippen molar-refractivity contribution in [3.8, 4) is 17.6 Å². The smallest absolute Gasteiger partial charge is 0.407 e. The first-order valence-corrected chi connectivity index (χ1v) is 16.0. The first-order valence-electron chi connectivity index (χ1n) is 15.6. The number of benzene rings is 1. The number of carbonyl (C=O) groups is 1. The van der Waals surface area contributed by atoms with Crippen LogP contribution in [0.3, 0.4) is 0 Å². The minimum absolute atomic E-state index is 0.0130. The van der Waals surface area contributed by atoms with Crippen LogP contribution in [0.4, 0.5) is 9.18 Å². The molecule has 4 aromatic rings. The topological polar surface area (TPSA) is 149 Å². The molecule has 3 aliphatic rings. The molecule has 3 fully saturated rings. The number of nitrogens with one attached hydrogen (secondary N) is 1. The van der Waals surface area contributed by atoms with E-state index in [0.717, 1.165) is 19.3 Å². The van der Waals surface area contributed by atoms with Crippen LogP contribution in [0, 0.1) is 12.7 Å². The number of likely N-dealkylation sites (N-methyl/N-ethyl adjacent to an activating group) is 1. The van der Waals surface area contributed by atoms with Crippen molar-refractivity contribution in [1.82, 2.24) is 39.8 Å². The Balaban J connectivity index is 1.37. The fourth-order valence-electron chi connectivity index (χ4n) is 6.62. The highest BCUT2D eigenvalue weighted by Crippen LogP contribution is 2.42. The molecule has 1 aromatic carbocycles. The second kappa shape index (κ2) is 13.0. The lowest BCUT2D eigenvalue weighted by Crippen LogP contribution is -2.48. The Bertz CT molecular complexity index is 1820. The van der Waals surface area contributed by atoms with Gasteiger partial charge >= 0.3 is 12.1 Å². The maximum Gasteiger partial charge on any atom is 0.407 e. The zero-order valence-electron chi connectivity index (χ0n) is 26.3. The SMILES string of the molecule is CO[C@@H]1CN(C)C[C@H]1Oc1nc(C2CNCCN2C(=O)O)c2cc(C)nc(Oc3c(Cl)c(F)cc4c3cnn4C3CCCCO3)c2n1. The van der Waals surface area contributed by atoms with Crippen LogP contribution in [0.15, 0.2) is 18.3 Å². The third kappa shape index (κ3) is 6.02. The highest BCUT2D eigenvalue weighted by molar-refractivity contribution is 6.33. The predicted molar refractivity (Wildman–Crippen MR) is 169 cm³/mol. The van der Waals surface area contributed by atoms with Gasteiger partial charge in [-0.2, -0.15) is 15.1 Å². The Morgan fingerprint density at radius 2 is 2.00 bits per heavy atom. The monoisotopic (exact) mass is 670 g/mol. The van der Waals surface area contributed by atoms with E-state index in [0.29, 0.717) is 60.5 Å². The Kier molecular flexibility index (Phi) is 8.74. The first kappa shape index (κ1) is 31.7. The number of rotatable bonds is 7. The highest BCUT2D eigenvalue weighted by atomic mass is 35.5. The van der Waals surface area contributed by atoms with E-state index < -0.39 is 18.0 Å². The van der Waals surface area contributed by atoms with Crippen LogP contribution in [0.1, 0.15) is 42.9 Å². The van der Waals surface area contributed by atoms with Gasteiger partial charge in [0, 0.05) is 63.6 Å². The van der Waals surface area contributed by atoms with Gasteiger partial charge in [-0.25, -0.2) is 18.9 Å². The van der Waals surface area contributed by atoms with Crippen LogP contribution in [0.5, 0.6) is 17.6 Å². The number of methoxy groups -OCH3 is 1. The van der Waals surface area contributed by atoms with E-state index in [1.54, 1.807) is 31.0 Å². The molecule has 0 saturated carbocycles. The van der Waals surface area contributed by atoms with Crippen molar-refractivity contribution in [3.63, 3.8) is 0 Å². The summed E-state index contributed by atoms with van der Waals surface area (Å²) >= 11 is 6.55. The van der Waals surface area contributed by atoms with Gasteiger partial charge in [0.2, 0.25) is 5.88 Å². The fourth-order valence-corrected chi connectivity index (χ4v) is 6.82. The molecule has 2 N–H and O–H groups in total. The normalized spacial score (nSPS) is 23.9. The summed E-state index contributed by atoms with van der Waals surface area (Å²) in [7, 11) is 3.58. The quantitative estimate of drug-likeness (QED) is 0.289. The third-order valence-electron chi connectivity index (χ3n) is 8.93. The molecular weight excluding hydrogens is 635 g/mol. The first-order chi connectivity index (χ1) is 22.7. The third-order valence-corrected chi connectivity index (χ3v) is 9.28. The van der Waals surface area contributed by atoms with Crippen LogP contribution in [0.2, 0.25) is 5.02 Å². The van der Waals surface area contributed by atoms with E-state index in [1.807, 2.05) is 7.05 Å². The lowest BCUT2D eigenvalue weighted by atomic mass is 10.0. The van der Waals surface area contributed by atoms with Crippen molar-refractivity contribution < 1.29 is 33.2 Å². The lowest BCUT2D eigenvalue weighted by Gasteiger charge is -2.34. The lowest BCUT2D eigenvalue weighted by molar-refractivity contribution is -0.0366. The van der Waals surface area contributed by atoms with Crippen molar-refractivity contribution in [2.45, 2.75) is 50.7 Å². The molecule has 2 unspecified atom stereocenters. The van der Waals surface area contributed by atoms with Gasteiger partial charge in [0.05, 0.1) is 28.8 Å². The van der Waals surface area contributed by atoms with E-state index >= 15 is 4.39 Å². The number of nitrogens with zero attached hydrogens (tertiary/aromatic N) is 7. The Labute approximate surface area is 274 Å². The molecule has 0 spiro atoms. The van der Waals surface area contributed by atoms with Crippen molar-refractivity contribution in [2.75, 3.05) is 53.5 Å². The number of likely N-dealkylation sites (tertiary alicyclic amines) is 1. The van der Waals surface area contributed by atoms with Crippen molar-refractivity contribution in [1.29, 1.82) is 0 Å². The molecule has 4 atom stereocenters. The Hall–Kier alpha value is -3.89. The van der Waals surface area contributed by atoms with Gasteiger partial charge in [-0.15, -0.1) is 0 Å². The molecule has 0 bridgehead atoms. The Morgan fingerprint density at radius 1 is 1.17 bits per heavy atom. The van der Waals surface area contributed by atoms with E-state index in [2.05, 4.69) is 20.3 Å². The van der Waals surface area contributed by atoms with Crippen LogP contribution in [0.25, 0.3) is 21.8 Å². The van der Waals surface area contributed by atoms with E-state index in [9.17, 15) is 9.90 Å². The van der Waals surface area contributed by atoms with Gasteiger partial charge in [0.1, 0.15) is 28.6 Å². The summed E-state index contributed by atoms with van der Waals surface area (Å²) in [5, 5.41) is 18.6. The molecule has 0 radical (unpaired) electrons. The van der Waals surface area contributed by atoms with Crippen LogP contribution in [-0.4, -0.2) is 111 Å². The van der Waals surface area contributed by atoms with Crippen LogP contribution in [-0.2, 0) is 9.47 Å². The van der Waals surface area contributed by atoms with Crippen molar-refractivity contribution in [2.24, 2.45) is 0 Å². The molecule has 6 heterocycles. The Morgan fingerprint density at radius 3 is 2.77 bits per heavy atom. The molecule has 47 heavy (non-hydrogen) atoms. The minimum atomic E-state index is -1.07. The largest absolute Gasteiger partial charge is 0.465 e. The summed E-state index contributed by atoms with van der Waals surface area (Å²) in [6, 6.07) is 2.45. The zero-order valence-corrected chi connectivity index (χ0v) is 27.0. The van der Waals surface area contributed by atoms with Crippen LogP contribution < -0.4 is 14.8 Å². The van der Waals surface area contributed by atoms with Gasteiger partial charge in [0.25, 0.3) is 0 Å². The molecule has 16 heteroatoms. The van der Waals surface area contributed by atoms with Crippen molar-refractivity contribution >= 4 is 39.5 Å². The maximum absolute atomic E-state index is 15.4. The number of pyridine rings is 1. The number of piperazine rings is 1. The number of ether oxygens (including phenoxy) is 4. The number of aryl methyl sites for hydroxylation is 1. The number of aromatic nitrogens is 5. The summed E-state index contributed by atoms with van der Waals surface area (Å²) in [6.45, 7) is 4.68. The summed E-state index contributed by atoms with van der Waals surface area (Å²) < 4.78 is 41.4. The molecule has 250 valence electrons. The standard InChI is InChI=1S/C31H36ClFN8O6/c1-16-10-17-26(21-13-34-7-8-40(21)31(42)43)37-30(46-23-15-39(2)14-22(23)44-3)38-27(17)29(36-16)47-28-18-12-35-41(24-6-4-5-9-45-24)20(18)11-19(33)25(28)32/h10-12,21-24,34H,4-9,13-15H2,1-3H3,(H,42,43)/t21?,22-,23-,24?/m1/s1. The summed E-state index contributed by atoms with van der Waals surface area (Å²) in [4.78, 5) is 29.9. The van der Waals surface area contributed by atoms with Crippen LogP contribution >= 0.6 is 11.6 Å². The average molecular weight is 671 g/mol. The van der Waals surface area contributed by atoms with E-state index in [4.69, 9.17) is 40.5 Å². The number of fused-ring (bicyclic) bond motifs is 2. The minimum Gasteiger partial charge on any atom is -0.465 e. The summed E-state index contributed by atoms with van der Waals surface area (Å²) in [5.41, 5.74) is 1.69. The number of halogens is 2. The molecule has 7 rings (SSSR count). The van der Waals surface area contributed by atoms with Gasteiger partial charge in [-0.3, -0.25) is 9.80 Å². The molecule has 0 aliphatic carbocycles.